The molecule has 2 nitrogen and oxygen atoms in total. The summed E-state index contributed by atoms with van der Waals surface area (Å²) in [5.41, 5.74) is 0. The maximum absolute atomic E-state index is 4.91. The van der Waals surface area contributed by atoms with Crippen LogP contribution in [0.3, 0.4) is 0 Å². The summed E-state index contributed by atoms with van der Waals surface area (Å²) in [6.45, 7) is 7.29. The van der Waals surface area contributed by atoms with Gasteiger partial charge in [-0.05, 0) is 5.75 Å². The molecule has 1 unspecified atom stereocenters. The van der Waals surface area contributed by atoms with Crippen LogP contribution >= 0.6 is 11.8 Å². The molecule has 0 fully saturated rings. The van der Waals surface area contributed by atoms with Gasteiger partial charge < -0.3 is 10.1 Å². The van der Waals surface area contributed by atoms with Crippen LogP contribution in [-0.4, -0.2) is 37.8 Å². The Bertz CT molecular complexity index is 80.5. The van der Waals surface area contributed by atoms with Gasteiger partial charge in [0.25, 0.3) is 0 Å². The van der Waals surface area contributed by atoms with E-state index in [9.17, 15) is 0 Å². The molecule has 0 rings (SSSR count). The second-order valence-electron chi connectivity index (χ2n) is 2.46. The highest BCUT2D eigenvalue weighted by Crippen LogP contribution is 2.07. The first-order valence-electron chi connectivity index (χ1n) is 4.12. The zero-order chi connectivity index (χ0) is 8.53. The smallest absolute Gasteiger partial charge is 0.0587 e. The molecule has 0 saturated heterocycles. The molecule has 0 aromatic carbocycles. The van der Waals surface area contributed by atoms with Crippen molar-refractivity contribution in [2.45, 2.75) is 19.1 Å². The zero-order valence-electron chi connectivity index (χ0n) is 7.72. The number of hydrogen-bond acceptors (Lipinski definition) is 3. The van der Waals surface area contributed by atoms with Gasteiger partial charge in [-0.25, -0.2) is 0 Å². The molecule has 0 spiro atoms. The molecule has 0 saturated carbocycles. The van der Waals surface area contributed by atoms with Crippen molar-refractivity contribution in [3.8, 4) is 0 Å². The topological polar surface area (TPSA) is 21.3 Å². The van der Waals surface area contributed by atoms with Crippen LogP contribution in [0.4, 0.5) is 0 Å². The lowest BCUT2D eigenvalue weighted by molar-refractivity contribution is 0.199. The minimum atomic E-state index is 0.719. The minimum absolute atomic E-state index is 0.719. The molecule has 1 N–H and O–H groups in total. The van der Waals surface area contributed by atoms with Crippen molar-refractivity contribution < 1.29 is 4.74 Å². The van der Waals surface area contributed by atoms with Crippen LogP contribution < -0.4 is 5.32 Å². The number of ether oxygens (including phenoxy) is 1. The van der Waals surface area contributed by atoms with Gasteiger partial charge in [-0.2, -0.15) is 11.8 Å². The molecule has 0 aliphatic heterocycles. The summed E-state index contributed by atoms with van der Waals surface area (Å²) in [7, 11) is 1.73. The number of rotatable bonds is 7. The Morgan fingerprint density at radius 1 is 1.55 bits per heavy atom. The lowest BCUT2D eigenvalue weighted by atomic mass is 10.4. The van der Waals surface area contributed by atoms with Crippen molar-refractivity contribution in [1.82, 2.24) is 5.32 Å². The molecule has 3 heteroatoms. The Morgan fingerprint density at radius 2 is 2.27 bits per heavy atom. The van der Waals surface area contributed by atoms with E-state index < -0.39 is 0 Å². The van der Waals surface area contributed by atoms with E-state index in [2.05, 4.69) is 19.2 Å². The molecule has 0 amide bonds. The molecule has 0 aromatic rings. The van der Waals surface area contributed by atoms with E-state index in [0.717, 1.165) is 24.9 Å². The molecular weight excluding hydrogens is 158 g/mol. The summed E-state index contributed by atoms with van der Waals surface area (Å²) in [6, 6.07) is 0. The van der Waals surface area contributed by atoms with Crippen molar-refractivity contribution in [3.63, 3.8) is 0 Å². The van der Waals surface area contributed by atoms with Gasteiger partial charge in [-0.15, -0.1) is 0 Å². The van der Waals surface area contributed by atoms with Crippen LogP contribution in [0.25, 0.3) is 0 Å². The number of thioether (sulfide) groups is 1. The second kappa shape index (κ2) is 8.37. The van der Waals surface area contributed by atoms with Gasteiger partial charge >= 0.3 is 0 Å². The predicted octanol–water partition coefficient (Wildman–Crippen LogP) is 1.36. The third kappa shape index (κ3) is 8.17. The van der Waals surface area contributed by atoms with Crippen LogP contribution in [0.15, 0.2) is 0 Å². The lowest BCUT2D eigenvalue weighted by Crippen LogP contribution is -2.26. The highest BCUT2D eigenvalue weighted by Gasteiger charge is 1.98. The molecule has 0 bridgehead atoms. The van der Waals surface area contributed by atoms with Crippen LogP contribution in [0.2, 0.25) is 0 Å². The predicted molar refractivity (Wildman–Crippen MR) is 52.3 cm³/mol. The maximum atomic E-state index is 4.91. The molecule has 11 heavy (non-hydrogen) atoms. The number of methoxy groups -OCH3 is 1. The maximum Gasteiger partial charge on any atom is 0.0587 e. The number of hydrogen-bond donors (Lipinski definition) is 1. The molecule has 0 heterocycles. The molecule has 68 valence electrons. The van der Waals surface area contributed by atoms with E-state index in [1.165, 1.54) is 5.75 Å². The lowest BCUT2D eigenvalue weighted by Gasteiger charge is -2.10. The van der Waals surface area contributed by atoms with Gasteiger partial charge in [-0.3, -0.25) is 0 Å². The molecule has 1 atom stereocenters. The van der Waals surface area contributed by atoms with Gasteiger partial charge in [0.1, 0.15) is 0 Å². The highest BCUT2D eigenvalue weighted by molar-refractivity contribution is 7.99. The molecule has 0 radical (unpaired) electrons. The molecular formula is C8H19NOS. The third-order valence-corrected chi connectivity index (χ3v) is 2.43. The fourth-order valence-electron chi connectivity index (χ4n) is 0.823. The van der Waals surface area contributed by atoms with Crippen molar-refractivity contribution in [3.05, 3.63) is 0 Å². The molecule has 0 aromatic heterocycles. The van der Waals surface area contributed by atoms with Crippen molar-refractivity contribution >= 4 is 11.8 Å². The summed E-state index contributed by atoms with van der Waals surface area (Å²) in [5, 5.41) is 4.04. The average Bonchev–Trinajstić information content (AvgIpc) is 1.99. The first-order chi connectivity index (χ1) is 5.31. The Labute approximate surface area is 74.1 Å². The monoisotopic (exact) mass is 177 g/mol. The first kappa shape index (κ1) is 11.3. The average molecular weight is 177 g/mol. The fourth-order valence-corrected chi connectivity index (χ4v) is 1.63. The summed E-state index contributed by atoms with van der Waals surface area (Å²) in [5.74, 6) is 1.20. The summed E-state index contributed by atoms with van der Waals surface area (Å²) in [6.07, 6.45) is 0. The van der Waals surface area contributed by atoms with E-state index in [4.69, 9.17) is 4.74 Å². The third-order valence-electron chi connectivity index (χ3n) is 1.37. The van der Waals surface area contributed by atoms with Crippen molar-refractivity contribution in [2.75, 3.05) is 32.6 Å². The van der Waals surface area contributed by atoms with Gasteiger partial charge in [0, 0.05) is 25.4 Å². The van der Waals surface area contributed by atoms with E-state index in [1.807, 2.05) is 11.8 Å². The second-order valence-corrected chi connectivity index (χ2v) is 4.18. The van der Waals surface area contributed by atoms with Gasteiger partial charge in [0.2, 0.25) is 0 Å². The summed E-state index contributed by atoms with van der Waals surface area (Å²) < 4.78 is 4.91. The molecule has 0 aliphatic carbocycles. The van der Waals surface area contributed by atoms with E-state index in [-0.39, 0.29) is 0 Å². The summed E-state index contributed by atoms with van der Waals surface area (Å²) in [4.78, 5) is 0. The van der Waals surface area contributed by atoms with E-state index in [1.54, 1.807) is 7.11 Å². The Hall–Kier alpha value is 0.270. The van der Waals surface area contributed by atoms with E-state index >= 15 is 0 Å². The minimum Gasteiger partial charge on any atom is -0.383 e. The van der Waals surface area contributed by atoms with Crippen LogP contribution in [0.1, 0.15) is 13.8 Å². The van der Waals surface area contributed by atoms with Crippen LogP contribution in [0.5, 0.6) is 0 Å². The van der Waals surface area contributed by atoms with Gasteiger partial charge in [-0.1, -0.05) is 13.8 Å². The Balaban J connectivity index is 2.97. The Kier molecular flexibility index (Phi) is 8.57. The quantitative estimate of drug-likeness (QED) is 0.593. The largest absolute Gasteiger partial charge is 0.383 e. The molecule has 0 aliphatic rings. The SMILES string of the molecule is CCSC(C)CNCCOC. The summed E-state index contributed by atoms with van der Waals surface area (Å²) >= 11 is 1.99. The standard InChI is InChI=1S/C8H19NOS/c1-4-11-8(2)7-9-5-6-10-3/h8-9H,4-7H2,1-3H3. The van der Waals surface area contributed by atoms with Gasteiger partial charge in [0.05, 0.1) is 6.61 Å². The number of nitrogens with one attached hydrogen (secondary N) is 1. The van der Waals surface area contributed by atoms with Crippen LogP contribution in [0, 0.1) is 0 Å². The first-order valence-corrected chi connectivity index (χ1v) is 5.17. The van der Waals surface area contributed by atoms with Crippen LogP contribution in [-0.2, 0) is 4.74 Å². The Morgan fingerprint density at radius 3 is 2.82 bits per heavy atom. The van der Waals surface area contributed by atoms with Crippen molar-refractivity contribution in [2.24, 2.45) is 0 Å². The zero-order valence-corrected chi connectivity index (χ0v) is 8.54. The van der Waals surface area contributed by atoms with E-state index in [0.29, 0.717) is 0 Å². The van der Waals surface area contributed by atoms with Gasteiger partial charge in [0.15, 0.2) is 0 Å². The van der Waals surface area contributed by atoms with Crippen molar-refractivity contribution in [1.29, 1.82) is 0 Å². The fraction of sp³-hybridized carbons (Fsp3) is 1.00. The normalized spacial score (nSPS) is 13.4. The highest BCUT2D eigenvalue weighted by atomic mass is 32.2.